The summed E-state index contributed by atoms with van der Waals surface area (Å²) < 4.78 is 5.11. The summed E-state index contributed by atoms with van der Waals surface area (Å²) >= 11 is 0. The quantitative estimate of drug-likeness (QED) is 0.753. The van der Waals surface area contributed by atoms with Crippen molar-refractivity contribution in [1.29, 1.82) is 0 Å². The number of nitrogens with zero attached hydrogens (tertiary/aromatic N) is 3. The highest BCUT2D eigenvalue weighted by Crippen LogP contribution is 2.21. The number of fused-ring (bicyclic) bond motifs is 1. The summed E-state index contributed by atoms with van der Waals surface area (Å²) in [6.45, 7) is 2.09. The zero-order valence-electron chi connectivity index (χ0n) is 12.0. The summed E-state index contributed by atoms with van der Waals surface area (Å²) in [6, 6.07) is 9.71. The number of hydrogen-bond donors (Lipinski definition) is 2. The molecule has 3 aromatic rings. The van der Waals surface area contributed by atoms with Crippen LogP contribution in [0.4, 0.5) is 5.95 Å². The maximum absolute atomic E-state index is 5.11. The van der Waals surface area contributed by atoms with E-state index in [0.717, 1.165) is 23.3 Å². The van der Waals surface area contributed by atoms with Crippen molar-refractivity contribution in [3.8, 4) is 5.88 Å². The number of aromatic nitrogens is 4. The van der Waals surface area contributed by atoms with Crippen molar-refractivity contribution >= 4 is 17.0 Å². The lowest BCUT2D eigenvalue weighted by Gasteiger charge is -2.14. The number of imidazole rings is 1. The largest absolute Gasteiger partial charge is 0.481 e. The van der Waals surface area contributed by atoms with Gasteiger partial charge < -0.3 is 15.0 Å². The van der Waals surface area contributed by atoms with E-state index in [0.29, 0.717) is 11.8 Å². The molecule has 3 rings (SSSR count). The minimum Gasteiger partial charge on any atom is -0.481 e. The van der Waals surface area contributed by atoms with Gasteiger partial charge in [-0.3, -0.25) is 0 Å². The first-order chi connectivity index (χ1) is 10.3. The van der Waals surface area contributed by atoms with Crippen LogP contribution in [0, 0.1) is 0 Å². The topological polar surface area (TPSA) is 75.7 Å². The molecule has 0 radical (unpaired) electrons. The Morgan fingerprint density at radius 3 is 2.86 bits per heavy atom. The van der Waals surface area contributed by atoms with E-state index < -0.39 is 0 Å². The summed E-state index contributed by atoms with van der Waals surface area (Å²) in [7, 11) is 1.59. The summed E-state index contributed by atoms with van der Waals surface area (Å²) in [5.74, 6) is 1.94. The number of aromatic amines is 1. The number of anilines is 1. The van der Waals surface area contributed by atoms with E-state index in [4.69, 9.17) is 4.74 Å². The van der Waals surface area contributed by atoms with Crippen molar-refractivity contribution in [2.75, 3.05) is 12.4 Å². The second kappa shape index (κ2) is 5.78. The minimum atomic E-state index is 0.0181. The minimum absolute atomic E-state index is 0.0181. The Labute approximate surface area is 122 Å². The Kier molecular flexibility index (Phi) is 3.68. The first-order valence-corrected chi connectivity index (χ1v) is 6.88. The third kappa shape index (κ3) is 2.79. The van der Waals surface area contributed by atoms with E-state index in [1.807, 2.05) is 24.3 Å². The van der Waals surface area contributed by atoms with Crippen LogP contribution in [0.1, 0.15) is 25.2 Å². The number of methoxy groups -OCH3 is 1. The fourth-order valence-corrected chi connectivity index (χ4v) is 2.18. The zero-order valence-corrected chi connectivity index (χ0v) is 12.0. The summed E-state index contributed by atoms with van der Waals surface area (Å²) in [6.07, 6.45) is 2.53. The average molecular weight is 283 g/mol. The summed E-state index contributed by atoms with van der Waals surface area (Å²) in [4.78, 5) is 16.4. The van der Waals surface area contributed by atoms with Crippen LogP contribution in [-0.4, -0.2) is 27.0 Å². The molecule has 0 bridgehead atoms. The van der Waals surface area contributed by atoms with Crippen LogP contribution in [0.5, 0.6) is 5.88 Å². The Bertz CT molecular complexity index is 707. The van der Waals surface area contributed by atoms with Gasteiger partial charge in [-0.2, -0.15) is 4.98 Å². The molecule has 6 nitrogen and oxygen atoms in total. The van der Waals surface area contributed by atoms with E-state index in [1.54, 1.807) is 19.4 Å². The molecule has 0 aliphatic heterocycles. The average Bonchev–Trinajstić information content (AvgIpc) is 2.96. The van der Waals surface area contributed by atoms with Gasteiger partial charge in [-0.15, -0.1) is 0 Å². The third-order valence-corrected chi connectivity index (χ3v) is 3.29. The number of H-pyrrole nitrogens is 1. The number of para-hydroxylation sites is 2. The van der Waals surface area contributed by atoms with Crippen LogP contribution in [-0.2, 0) is 0 Å². The van der Waals surface area contributed by atoms with Gasteiger partial charge in [0.05, 0.1) is 24.2 Å². The molecular formula is C15H17N5O. The number of benzene rings is 1. The van der Waals surface area contributed by atoms with Gasteiger partial charge in [0.2, 0.25) is 11.8 Å². The molecule has 6 heteroatoms. The first kappa shape index (κ1) is 13.4. The summed E-state index contributed by atoms with van der Waals surface area (Å²) in [5.41, 5.74) is 1.98. The summed E-state index contributed by atoms with van der Waals surface area (Å²) in [5, 5.41) is 3.28. The Morgan fingerprint density at radius 2 is 2.10 bits per heavy atom. The molecule has 2 heterocycles. The lowest BCUT2D eigenvalue weighted by molar-refractivity contribution is 0.397. The van der Waals surface area contributed by atoms with Crippen molar-refractivity contribution in [2.45, 2.75) is 19.4 Å². The Morgan fingerprint density at radius 1 is 1.24 bits per heavy atom. The lowest BCUT2D eigenvalue weighted by Crippen LogP contribution is -2.13. The van der Waals surface area contributed by atoms with Gasteiger partial charge in [0.1, 0.15) is 5.82 Å². The molecule has 0 amide bonds. The highest BCUT2D eigenvalue weighted by atomic mass is 16.5. The fraction of sp³-hybridized carbons (Fsp3) is 0.267. The van der Waals surface area contributed by atoms with Crippen LogP contribution in [0.2, 0.25) is 0 Å². The monoisotopic (exact) mass is 283 g/mol. The molecule has 2 N–H and O–H groups in total. The molecule has 0 saturated carbocycles. The molecular weight excluding hydrogens is 266 g/mol. The van der Waals surface area contributed by atoms with Gasteiger partial charge >= 0.3 is 0 Å². The second-order valence-corrected chi connectivity index (χ2v) is 4.67. The highest BCUT2D eigenvalue weighted by Gasteiger charge is 2.15. The smallest absolute Gasteiger partial charge is 0.226 e. The van der Waals surface area contributed by atoms with Gasteiger partial charge in [-0.05, 0) is 18.6 Å². The molecule has 0 fully saturated rings. The normalized spacial score (nSPS) is 12.3. The van der Waals surface area contributed by atoms with E-state index in [2.05, 4.69) is 32.2 Å². The van der Waals surface area contributed by atoms with Crippen LogP contribution >= 0.6 is 0 Å². The molecule has 1 aromatic carbocycles. The van der Waals surface area contributed by atoms with Crippen LogP contribution in [0.3, 0.4) is 0 Å². The van der Waals surface area contributed by atoms with Crippen LogP contribution in [0.15, 0.2) is 36.5 Å². The van der Waals surface area contributed by atoms with Crippen molar-refractivity contribution in [3.05, 3.63) is 42.4 Å². The molecule has 0 aliphatic rings. The van der Waals surface area contributed by atoms with E-state index in [1.165, 1.54) is 0 Å². The van der Waals surface area contributed by atoms with Gasteiger partial charge in [-0.25, -0.2) is 9.97 Å². The number of nitrogens with one attached hydrogen (secondary N) is 2. The maximum Gasteiger partial charge on any atom is 0.226 e. The predicted octanol–water partition coefficient (Wildman–Crippen LogP) is 2.92. The van der Waals surface area contributed by atoms with Gasteiger partial charge in [-0.1, -0.05) is 19.1 Å². The molecule has 0 saturated heterocycles. The van der Waals surface area contributed by atoms with Gasteiger partial charge in [0, 0.05) is 12.3 Å². The SMILES string of the molecule is CCC(Nc1nccc(OC)n1)c1nc2ccccc2[nH]1. The van der Waals surface area contributed by atoms with E-state index >= 15 is 0 Å². The fourth-order valence-electron chi connectivity index (χ4n) is 2.18. The molecule has 1 unspecified atom stereocenters. The first-order valence-electron chi connectivity index (χ1n) is 6.88. The van der Waals surface area contributed by atoms with Crippen molar-refractivity contribution < 1.29 is 4.74 Å². The zero-order chi connectivity index (χ0) is 14.7. The molecule has 108 valence electrons. The molecule has 0 aliphatic carbocycles. The lowest BCUT2D eigenvalue weighted by atomic mass is 10.2. The van der Waals surface area contributed by atoms with Crippen molar-refractivity contribution in [3.63, 3.8) is 0 Å². The number of hydrogen-bond acceptors (Lipinski definition) is 5. The predicted molar refractivity (Wildman–Crippen MR) is 81.3 cm³/mol. The van der Waals surface area contributed by atoms with Crippen molar-refractivity contribution in [2.24, 2.45) is 0 Å². The standard InChI is InChI=1S/C15H17N5O/c1-3-10(19-15-16-9-8-13(20-15)21-2)14-17-11-6-4-5-7-12(11)18-14/h4-10H,3H2,1-2H3,(H,17,18)(H,16,19,20). The van der Waals surface area contributed by atoms with Crippen LogP contribution < -0.4 is 10.1 Å². The molecule has 2 aromatic heterocycles. The van der Waals surface area contributed by atoms with Gasteiger partial charge in [0.15, 0.2) is 0 Å². The second-order valence-electron chi connectivity index (χ2n) is 4.67. The Hall–Kier alpha value is -2.63. The van der Waals surface area contributed by atoms with Crippen LogP contribution in [0.25, 0.3) is 11.0 Å². The van der Waals surface area contributed by atoms with E-state index in [-0.39, 0.29) is 6.04 Å². The van der Waals surface area contributed by atoms with Gasteiger partial charge in [0.25, 0.3) is 0 Å². The molecule has 21 heavy (non-hydrogen) atoms. The maximum atomic E-state index is 5.11. The third-order valence-electron chi connectivity index (χ3n) is 3.29. The highest BCUT2D eigenvalue weighted by molar-refractivity contribution is 5.74. The number of ether oxygens (including phenoxy) is 1. The van der Waals surface area contributed by atoms with E-state index in [9.17, 15) is 0 Å². The van der Waals surface area contributed by atoms with Crippen molar-refractivity contribution in [1.82, 2.24) is 19.9 Å². The number of rotatable bonds is 5. The molecule has 0 spiro atoms. The molecule has 1 atom stereocenters. The Balaban J connectivity index is 1.87.